The van der Waals surface area contributed by atoms with E-state index in [4.69, 9.17) is 0 Å². The van der Waals surface area contributed by atoms with Gasteiger partial charge in [0.1, 0.15) is 11.5 Å². The Morgan fingerprint density at radius 1 is 1.12 bits per heavy atom. The summed E-state index contributed by atoms with van der Waals surface area (Å²) in [7, 11) is 0. The number of benzene rings is 1. The van der Waals surface area contributed by atoms with Gasteiger partial charge in [-0.15, -0.1) is 0 Å². The van der Waals surface area contributed by atoms with Crippen molar-refractivity contribution in [1.29, 1.82) is 0 Å². The molecule has 2 rings (SSSR count). The van der Waals surface area contributed by atoms with Crippen molar-refractivity contribution in [3.63, 3.8) is 0 Å². The second-order valence-corrected chi connectivity index (χ2v) is 4.76. The van der Waals surface area contributed by atoms with Gasteiger partial charge in [0, 0.05) is 5.56 Å². The molecular weight excluding hydrogens is 200 g/mol. The highest BCUT2D eigenvalue weighted by molar-refractivity contribution is 5.43. The van der Waals surface area contributed by atoms with Crippen LogP contribution in [-0.4, -0.2) is 10.2 Å². The van der Waals surface area contributed by atoms with Crippen LogP contribution >= 0.6 is 0 Å². The van der Waals surface area contributed by atoms with Crippen LogP contribution in [0.15, 0.2) is 48.3 Å². The molecule has 16 heavy (non-hydrogen) atoms. The van der Waals surface area contributed by atoms with Crippen LogP contribution < -0.4 is 0 Å². The fourth-order valence-corrected chi connectivity index (χ4v) is 2.26. The molecule has 1 aromatic rings. The summed E-state index contributed by atoms with van der Waals surface area (Å²) in [5.41, 5.74) is 0.572. The first-order valence-electron chi connectivity index (χ1n) is 5.38. The molecule has 2 N–H and O–H groups in total. The summed E-state index contributed by atoms with van der Waals surface area (Å²) < 4.78 is 0. The average molecular weight is 216 g/mol. The van der Waals surface area contributed by atoms with Gasteiger partial charge in [-0.2, -0.15) is 0 Å². The molecule has 0 heterocycles. The van der Waals surface area contributed by atoms with E-state index in [1.165, 1.54) is 0 Å². The molecule has 1 aliphatic carbocycles. The Hall–Kier alpha value is -1.70. The molecule has 0 saturated carbocycles. The third-order valence-electron chi connectivity index (χ3n) is 3.08. The number of aliphatic hydroxyl groups is 1. The molecule has 0 spiro atoms. The van der Waals surface area contributed by atoms with Crippen LogP contribution in [0, 0.1) is 5.41 Å². The van der Waals surface area contributed by atoms with Gasteiger partial charge in [0.2, 0.25) is 0 Å². The normalized spacial score (nSPS) is 22.9. The average Bonchev–Trinajstić information content (AvgIpc) is 2.19. The van der Waals surface area contributed by atoms with Gasteiger partial charge in [-0.1, -0.05) is 44.2 Å². The first kappa shape index (κ1) is 10.8. The molecule has 1 unspecified atom stereocenters. The molecule has 0 fully saturated rings. The monoisotopic (exact) mass is 216 g/mol. The van der Waals surface area contributed by atoms with Gasteiger partial charge in [0.15, 0.2) is 0 Å². The van der Waals surface area contributed by atoms with Crippen molar-refractivity contribution in [3.05, 3.63) is 53.8 Å². The Balaban J connectivity index is 2.51. The predicted octanol–water partition coefficient (Wildman–Crippen LogP) is 3.51. The van der Waals surface area contributed by atoms with E-state index < -0.39 is 0 Å². The van der Waals surface area contributed by atoms with Crippen molar-refractivity contribution >= 4 is 0 Å². The van der Waals surface area contributed by atoms with Gasteiger partial charge in [0.05, 0.1) is 5.92 Å². The Kier molecular flexibility index (Phi) is 2.50. The number of aromatic hydroxyl groups is 1. The van der Waals surface area contributed by atoms with Crippen molar-refractivity contribution in [2.45, 2.75) is 19.8 Å². The molecule has 84 valence electrons. The molecule has 0 aliphatic heterocycles. The summed E-state index contributed by atoms with van der Waals surface area (Å²) >= 11 is 0. The van der Waals surface area contributed by atoms with E-state index in [1.54, 1.807) is 18.2 Å². The molecule has 1 aromatic carbocycles. The fourth-order valence-electron chi connectivity index (χ4n) is 2.26. The Labute approximate surface area is 95.6 Å². The maximum absolute atomic E-state index is 9.98. The van der Waals surface area contributed by atoms with Gasteiger partial charge >= 0.3 is 0 Å². The van der Waals surface area contributed by atoms with Crippen LogP contribution in [0.1, 0.15) is 25.3 Å². The van der Waals surface area contributed by atoms with E-state index in [-0.39, 0.29) is 17.1 Å². The first-order valence-corrected chi connectivity index (χ1v) is 5.38. The fraction of sp³-hybridized carbons (Fsp3) is 0.286. The first-order chi connectivity index (χ1) is 7.52. The highest BCUT2D eigenvalue weighted by Crippen LogP contribution is 2.45. The van der Waals surface area contributed by atoms with E-state index in [2.05, 4.69) is 0 Å². The zero-order chi connectivity index (χ0) is 11.8. The van der Waals surface area contributed by atoms with Crippen molar-refractivity contribution in [3.8, 4) is 5.75 Å². The Morgan fingerprint density at radius 3 is 2.44 bits per heavy atom. The van der Waals surface area contributed by atoms with E-state index in [1.807, 2.05) is 38.1 Å². The lowest BCUT2D eigenvalue weighted by atomic mass is 9.71. The highest BCUT2D eigenvalue weighted by atomic mass is 16.3. The minimum absolute atomic E-state index is 0.182. The van der Waals surface area contributed by atoms with Crippen molar-refractivity contribution in [2.75, 3.05) is 0 Å². The maximum Gasteiger partial charge on any atom is 0.119 e. The number of aliphatic hydroxyl groups excluding tert-OH is 1. The third-order valence-corrected chi connectivity index (χ3v) is 3.08. The minimum Gasteiger partial charge on any atom is -0.512 e. The van der Waals surface area contributed by atoms with E-state index in [9.17, 15) is 10.2 Å². The zero-order valence-electron chi connectivity index (χ0n) is 9.51. The van der Waals surface area contributed by atoms with Crippen LogP contribution in [0.3, 0.4) is 0 Å². The van der Waals surface area contributed by atoms with E-state index >= 15 is 0 Å². The molecule has 0 bridgehead atoms. The summed E-state index contributed by atoms with van der Waals surface area (Å²) in [6.07, 6.45) is 5.58. The van der Waals surface area contributed by atoms with E-state index in [0.29, 0.717) is 5.76 Å². The molecule has 0 radical (unpaired) electrons. The second-order valence-electron chi connectivity index (χ2n) is 4.76. The van der Waals surface area contributed by atoms with Crippen molar-refractivity contribution in [2.24, 2.45) is 5.41 Å². The van der Waals surface area contributed by atoms with E-state index in [0.717, 1.165) is 5.56 Å². The predicted molar refractivity (Wildman–Crippen MR) is 64.5 cm³/mol. The number of phenols is 1. The highest BCUT2D eigenvalue weighted by Gasteiger charge is 2.34. The van der Waals surface area contributed by atoms with Gasteiger partial charge < -0.3 is 10.2 Å². The van der Waals surface area contributed by atoms with Crippen molar-refractivity contribution in [1.82, 2.24) is 0 Å². The van der Waals surface area contributed by atoms with Gasteiger partial charge in [-0.05, 0) is 17.6 Å². The summed E-state index contributed by atoms with van der Waals surface area (Å²) in [6.45, 7) is 4.09. The molecule has 1 aliphatic rings. The molecule has 2 nitrogen and oxygen atoms in total. The van der Waals surface area contributed by atoms with Crippen LogP contribution in [0.2, 0.25) is 0 Å². The smallest absolute Gasteiger partial charge is 0.119 e. The summed E-state index contributed by atoms with van der Waals surface area (Å²) in [6, 6.07) is 7.16. The molecule has 0 aromatic heterocycles. The minimum atomic E-state index is -0.197. The molecule has 1 atom stereocenters. The standard InChI is InChI=1S/C14H16O2/c1-14(2)9-5-8-12(16)13(14)10-6-3-4-7-11(10)15/h3-9,13,15-16H,1-2H3. The number of para-hydroxylation sites is 1. The second kappa shape index (κ2) is 3.71. The number of allylic oxidation sites excluding steroid dienone is 4. The quantitative estimate of drug-likeness (QED) is 0.754. The van der Waals surface area contributed by atoms with Gasteiger partial charge in [0.25, 0.3) is 0 Å². The van der Waals surface area contributed by atoms with Crippen LogP contribution in [0.25, 0.3) is 0 Å². The Bertz CT molecular complexity index is 456. The lowest BCUT2D eigenvalue weighted by Gasteiger charge is -2.34. The topological polar surface area (TPSA) is 40.5 Å². The van der Waals surface area contributed by atoms with Crippen LogP contribution in [0.4, 0.5) is 0 Å². The summed E-state index contributed by atoms with van der Waals surface area (Å²) in [5, 5.41) is 19.8. The summed E-state index contributed by atoms with van der Waals surface area (Å²) in [4.78, 5) is 0. The number of phenolic OH excluding ortho intramolecular Hbond substituents is 1. The molecular formula is C14H16O2. The number of hydrogen-bond donors (Lipinski definition) is 2. The zero-order valence-corrected chi connectivity index (χ0v) is 9.51. The van der Waals surface area contributed by atoms with Crippen LogP contribution in [0.5, 0.6) is 5.75 Å². The third kappa shape index (κ3) is 1.71. The molecule has 0 amide bonds. The SMILES string of the molecule is CC1(C)C=CC=C(O)C1c1ccccc1O. The number of hydrogen-bond acceptors (Lipinski definition) is 2. The largest absolute Gasteiger partial charge is 0.512 e. The maximum atomic E-state index is 9.98. The summed E-state index contributed by atoms with van der Waals surface area (Å²) in [5.74, 6) is 0.350. The lowest BCUT2D eigenvalue weighted by molar-refractivity contribution is 0.278. The lowest BCUT2D eigenvalue weighted by Crippen LogP contribution is -2.23. The Morgan fingerprint density at radius 2 is 1.81 bits per heavy atom. The molecule has 0 saturated heterocycles. The molecule has 2 heteroatoms. The van der Waals surface area contributed by atoms with Gasteiger partial charge in [-0.3, -0.25) is 0 Å². The van der Waals surface area contributed by atoms with Crippen LogP contribution in [-0.2, 0) is 0 Å². The van der Waals surface area contributed by atoms with Crippen molar-refractivity contribution < 1.29 is 10.2 Å². The number of rotatable bonds is 1. The van der Waals surface area contributed by atoms with Gasteiger partial charge in [-0.25, -0.2) is 0 Å².